The van der Waals surface area contributed by atoms with Crippen LogP contribution in [0.3, 0.4) is 0 Å². The molecule has 0 bridgehead atoms. The Morgan fingerprint density at radius 1 is 1.21 bits per heavy atom. The largest absolute Gasteiger partial charge is 0.340 e. The first-order chi connectivity index (χ1) is 13.9. The number of likely N-dealkylation sites (N-methyl/N-ethyl adjacent to an activating group) is 1. The van der Waals surface area contributed by atoms with Crippen molar-refractivity contribution in [2.75, 3.05) is 13.6 Å². The number of rotatable bonds is 8. The van der Waals surface area contributed by atoms with Gasteiger partial charge >= 0.3 is 0 Å². The van der Waals surface area contributed by atoms with Crippen molar-refractivity contribution in [3.8, 4) is 0 Å². The Morgan fingerprint density at radius 2 is 1.90 bits per heavy atom. The fourth-order valence-corrected chi connectivity index (χ4v) is 4.40. The van der Waals surface area contributed by atoms with Gasteiger partial charge in [0.05, 0.1) is 12.7 Å². The third-order valence-corrected chi connectivity index (χ3v) is 6.12. The zero-order chi connectivity index (χ0) is 20.8. The number of benzene rings is 1. The molecule has 1 N–H and O–H groups in total. The van der Waals surface area contributed by atoms with E-state index in [4.69, 9.17) is 0 Å². The molecule has 2 aromatic rings. The summed E-state index contributed by atoms with van der Waals surface area (Å²) in [6, 6.07) is 9.29. The predicted molar refractivity (Wildman–Crippen MR) is 118 cm³/mol. The van der Waals surface area contributed by atoms with E-state index in [2.05, 4.69) is 48.5 Å². The van der Waals surface area contributed by atoms with Crippen molar-refractivity contribution in [3.63, 3.8) is 0 Å². The number of hydrogen-bond donors (Lipinski definition) is 1. The summed E-state index contributed by atoms with van der Waals surface area (Å²) in [6.45, 7) is 5.33. The van der Waals surface area contributed by atoms with E-state index >= 15 is 0 Å². The summed E-state index contributed by atoms with van der Waals surface area (Å²) in [6.07, 6.45) is 10.5. The average Bonchev–Trinajstić information content (AvgIpc) is 3.13. The van der Waals surface area contributed by atoms with Gasteiger partial charge in [-0.2, -0.15) is 5.10 Å². The van der Waals surface area contributed by atoms with E-state index in [9.17, 15) is 4.79 Å². The van der Waals surface area contributed by atoms with E-state index in [-0.39, 0.29) is 11.9 Å². The maximum absolute atomic E-state index is 12.6. The number of hydrogen-bond acceptors (Lipinski definition) is 3. The number of carbonyl (C=O) groups is 1. The van der Waals surface area contributed by atoms with Gasteiger partial charge in [-0.25, -0.2) is 0 Å². The van der Waals surface area contributed by atoms with E-state index in [1.54, 1.807) is 9.58 Å². The molecule has 5 nitrogen and oxygen atoms in total. The zero-order valence-electron chi connectivity index (χ0n) is 18.4. The number of carbonyl (C=O) groups excluding carboxylic acids is 1. The summed E-state index contributed by atoms with van der Waals surface area (Å²) >= 11 is 0. The molecule has 5 heteroatoms. The van der Waals surface area contributed by atoms with Crippen LogP contribution >= 0.6 is 0 Å². The Morgan fingerprint density at radius 3 is 2.48 bits per heavy atom. The van der Waals surface area contributed by atoms with Gasteiger partial charge in [-0.3, -0.25) is 9.48 Å². The highest BCUT2D eigenvalue weighted by Crippen LogP contribution is 2.33. The van der Waals surface area contributed by atoms with Crippen LogP contribution in [0.5, 0.6) is 0 Å². The number of aromatic nitrogens is 2. The molecule has 1 fully saturated rings. The molecule has 0 spiro atoms. The second kappa shape index (κ2) is 10.1. The second-order valence-electron chi connectivity index (χ2n) is 8.88. The minimum atomic E-state index is 0.0957. The fraction of sp³-hybridized carbons (Fsp3) is 0.583. The Kier molecular flexibility index (Phi) is 7.48. The Hall–Kier alpha value is -2.14. The summed E-state index contributed by atoms with van der Waals surface area (Å²) in [5, 5.41) is 7.66. The SMILES string of the molecule is CC(C)C(NCC(=O)N(C)Cc1cnn(C)c1)c1ccc(C2CCCCC2)cc1. The van der Waals surface area contributed by atoms with Crippen molar-refractivity contribution in [3.05, 3.63) is 53.3 Å². The smallest absolute Gasteiger partial charge is 0.236 e. The van der Waals surface area contributed by atoms with Gasteiger partial charge in [0, 0.05) is 38.4 Å². The summed E-state index contributed by atoms with van der Waals surface area (Å²) in [4.78, 5) is 14.4. The van der Waals surface area contributed by atoms with Gasteiger partial charge < -0.3 is 10.2 Å². The van der Waals surface area contributed by atoms with Crippen molar-refractivity contribution in [1.29, 1.82) is 0 Å². The van der Waals surface area contributed by atoms with E-state index < -0.39 is 0 Å². The maximum Gasteiger partial charge on any atom is 0.236 e. The van der Waals surface area contributed by atoms with Crippen LogP contribution in [-0.4, -0.2) is 34.2 Å². The normalized spacial score (nSPS) is 16.2. The number of amides is 1. The van der Waals surface area contributed by atoms with Gasteiger partial charge in [-0.1, -0.05) is 57.4 Å². The van der Waals surface area contributed by atoms with Crippen LogP contribution in [0.25, 0.3) is 0 Å². The standard InChI is InChI=1S/C24H36N4O/c1-18(2)24(22-12-10-21(11-13-22)20-8-6-5-7-9-20)25-15-23(29)27(3)16-19-14-26-28(4)17-19/h10-14,17-18,20,24-25H,5-9,15-16H2,1-4H3. The quantitative estimate of drug-likeness (QED) is 0.719. The van der Waals surface area contributed by atoms with Crippen LogP contribution in [0.2, 0.25) is 0 Å². The maximum atomic E-state index is 12.6. The first kappa shape index (κ1) is 21.6. The van der Waals surface area contributed by atoms with Crippen LogP contribution in [0.1, 0.15) is 74.6 Å². The van der Waals surface area contributed by atoms with E-state index in [0.29, 0.717) is 19.0 Å². The van der Waals surface area contributed by atoms with Crippen molar-refractivity contribution >= 4 is 5.91 Å². The van der Waals surface area contributed by atoms with Crippen LogP contribution in [-0.2, 0) is 18.4 Å². The van der Waals surface area contributed by atoms with E-state index in [0.717, 1.165) is 11.5 Å². The lowest BCUT2D eigenvalue weighted by molar-refractivity contribution is -0.129. The lowest BCUT2D eigenvalue weighted by Gasteiger charge is -2.26. The molecule has 1 atom stereocenters. The summed E-state index contributed by atoms with van der Waals surface area (Å²) in [5.41, 5.74) is 3.78. The van der Waals surface area contributed by atoms with Gasteiger partial charge in [0.15, 0.2) is 0 Å². The minimum absolute atomic E-state index is 0.0957. The number of aryl methyl sites for hydroxylation is 1. The predicted octanol–water partition coefficient (Wildman–Crippen LogP) is 4.41. The Balaban J connectivity index is 1.57. The van der Waals surface area contributed by atoms with Crippen molar-refractivity contribution < 1.29 is 4.79 Å². The van der Waals surface area contributed by atoms with Crippen molar-refractivity contribution in [1.82, 2.24) is 20.0 Å². The topological polar surface area (TPSA) is 50.2 Å². The summed E-state index contributed by atoms with van der Waals surface area (Å²) in [7, 11) is 3.74. The van der Waals surface area contributed by atoms with Crippen molar-refractivity contribution in [2.24, 2.45) is 13.0 Å². The molecule has 3 rings (SSSR count). The molecule has 29 heavy (non-hydrogen) atoms. The molecule has 1 aromatic heterocycles. The molecule has 1 amide bonds. The van der Waals surface area contributed by atoms with Gasteiger partial charge in [0.1, 0.15) is 0 Å². The van der Waals surface area contributed by atoms with Crippen molar-refractivity contribution in [2.45, 2.75) is 64.5 Å². The molecule has 1 aromatic carbocycles. The number of nitrogens with one attached hydrogen (secondary N) is 1. The molecule has 0 saturated heterocycles. The molecule has 1 unspecified atom stereocenters. The molecular weight excluding hydrogens is 360 g/mol. The highest BCUT2D eigenvalue weighted by molar-refractivity contribution is 5.78. The lowest BCUT2D eigenvalue weighted by atomic mass is 9.83. The fourth-order valence-electron chi connectivity index (χ4n) is 4.40. The first-order valence-corrected chi connectivity index (χ1v) is 11.0. The Bertz CT molecular complexity index is 774. The van der Waals surface area contributed by atoms with E-state index in [1.165, 1.54) is 43.2 Å². The molecule has 1 aliphatic rings. The highest BCUT2D eigenvalue weighted by Gasteiger charge is 2.20. The Labute approximate surface area is 175 Å². The van der Waals surface area contributed by atoms with Crippen LogP contribution < -0.4 is 5.32 Å². The molecule has 0 radical (unpaired) electrons. The van der Waals surface area contributed by atoms with E-state index in [1.807, 2.05) is 26.5 Å². The second-order valence-corrected chi connectivity index (χ2v) is 8.88. The molecule has 158 valence electrons. The van der Waals surface area contributed by atoms with Gasteiger partial charge in [0.25, 0.3) is 0 Å². The minimum Gasteiger partial charge on any atom is -0.340 e. The molecule has 0 aliphatic heterocycles. The van der Waals surface area contributed by atoms with Crippen LogP contribution in [0, 0.1) is 5.92 Å². The van der Waals surface area contributed by atoms with Gasteiger partial charge in [-0.15, -0.1) is 0 Å². The number of nitrogens with zero attached hydrogens (tertiary/aromatic N) is 3. The molecule has 1 heterocycles. The third kappa shape index (κ3) is 5.92. The zero-order valence-corrected chi connectivity index (χ0v) is 18.4. The average molecular weight is 397 g/mol. The molecular formula is C24H36N4O. The molecule has 1 saturated carbocycles. The third-order valence-electron chi connectivity index (χ3n) is 6.12. The molecule has 1 aliphatic carbocycles. The summed E-state index contributed by atoms with van der Waals surface area (Å²) < 4.78 is 1.76. The summed E-state index contributed by atoms with van der Waals surface area (Å²) in [5.74, 6) is 1.23. The van der Waals surface area contributed by atoms with Gasteiger partial charge in [0.2, 0.25) is 5.91 Å². The highest BCUT2D eigenvalue weighted by atomic mass is 16.2. The van der Waals surface area contributed by atoms with Crippen LogP contribution in [0.15, 0.2) is 36.7 Å². The lowest BCUT2D eigenvalue weighted by Crippen LogP contribution is -2.38. The first-order valence-electron chi connectivity index (χ1n) is 11.0. The van der Waals surface area contributed by atoms with Crippen LogP contribution in [0.4, 0.5) is 0 Å². The van der Waals surface area contributed by atoms with Gasteiger partial charge in [-0.05, 0) is 35.8 Å². The monoisotopic (exact) mass is 396 g/mol.